The molecule has 0 unspecified atom stereocenters. The third-order valence-corrected chi connectivity index (χ3v) is 19.5. The molecule has 0 spiro atoms. The van der Waals surface area contributed by atoms with Gasteiger partial charge >= 0.3 is 314 Å². The quantitative estimate of drug-likeness (QED) is 0.150. The van der Waals surface area contributed by atoms with Gasteiger partial charge in [0.2, 0.25) is 0 Å². The predicted molar refractivity (Wildman–Crippen MR) is 217 cm³/mol. The fourth-order valence-corrected chi connectivity index (χ4v) is 17.3. The number of aryl methyl sites for hydroxylation is 3. The van der Waals surface area contributed by atoms with Gasteiger partial charge in [0.25, 0.3) is 0 Å². The molecule has 0 atom stereocenters. The van der Waals surface area contributed by atoms with E-state index >= 15 is 0 Å². The molecule has 52 heavy (non-hydrogen) atoms. The summed E-state index contributed by atoms with van der Waals surface area (Å²) >= 11 is -2.79. The molecule has 2 aliphatic carbocycles. The Morgan fingerprint density at radius 3 is 1.60 bits per heavy atom. The van der Waals surface area contributed by atoms with E-state index in [1.54, 1.807) is 17.6 Å². The molecule has 0 saturated heterocycles. The second-order valence-corrected chi connectivity index (χ2v) is 23.3. The van der Waals surface area contributed by atoms with Crippen molar-refractivity contribution in [2.24, 2.45) is 0 Å². The number of unbranched alkanes of at least 4 members (excludes halogenated alkanes) is 2. The van der Waals surface area contributed by atoms with Gasteiger partial charge < -0.3 is 24.8 Å². The van der Waals surface area contributed by atoms with Crippen LogP contribution in [0.1, 0.15) is 137 Å². The van der Waals surface area contributed by atoms with E-state index in [2.05, 4.69) is 160 Å². The Balaban J connectivity index is 0.00000302. The Morgan fingerprint density at radius 2 is 1.13 bits per heavy atom. The Labute approximate surface area is 336 Å². The van der Waals surface area contributed by atoms with E-state index in [0.29, 0.717) is 3.63 Å². The van der Waals surface area contributed by atoms with Crippen molar-refractivity contribution in [1.82, 2.24) is 0 Å². The summed E-state index contributed by atoms with van der Waals surface area (Å²) in [6.07, 6.45) is 18.0. The minimum absolute atomic E-state index is 0. The van der Waals surface area contributed by atoms with Crippen LogP contribution in [0.2, 0.25) is 3.63 Å². The van der Waals surface area contributed by atoms with Crippen molar-refractivity contribution in [2.75, 3.05) is 0 Å². The number of fused-ring (bicyclic) bond motifs is 3. The zero-order chi connectivity index (χ0) is 35.8. The summed E-state index contributed by atoms with van der Waals surface area (Å²) in [5.41, 5.74) is 18.0. The number of hydrogen-bond acceptors (Lipinski definition) is 0. The Kier molecular flexibility index (Phi) is 14.2. The Hall–Kier alpha value is -2.31. The molecule has 0 heterocycles. The fraction of sp³-hybridized carbons (Fsp3) is 0.408. The number of hydrogen-bond donors (Lipinski definition) is 0. The molecule has 2 aliphatic rings. The normalized spacial score (nSPS) is 13.2. The molecule has 274 valence electrons. The zero-order valence-corrected chi connectivity index (χ0v) is 37.4. The van der Waals surface area contributed by atoms with Crippen molar-refractivity contribution in [2.45, 2.75) is 129 Å². The average Bonchev–Trinajstić information content (AvgIpc) is 3.73. The predicted octanol–water partition coefficient (Wildman–Crippen LogP) is 6.59. The smallest absolute Gasteiger partial charge is 1.00 e. The average molecular weight is 811 g/mol. The first-order valence-corrected chi connectivity index (χ1v) is 23.3. The van der Waals surface area contributed by atoms with Crippen LogP contribution < -0.4 is 28.1 Å². The van der Waals surface area contributed by atoms with Gasteiger partial charge in [-0.2, -0.15) is 0 Å². The molecule has 0 aliphatic heterocycles. The maximum absolute atomic E-state index is 2.79. The third-order valence-electron chi connectivity index (χ3n) is 11.2. The van der Waals surface area contributed by atoms with Crippen molar-refractivity contribution < 1.29 is 46.1 Å². The molecule has 3 heteroatoms. The summed E-state index contributed by atoms with van der Waals surface area (Å²) in [6, 6.07) is 27.3. The number of rotatable bonds is 10. The van der Waals surface area contributed by atoms with Crippen LogP contribution in [-0.4, -0.2) is 3.21 Å². The minimum atomic E-state index is -2.79. The first-order valence-electron chi connectivity index (χ1n) is 19.4. The van der Waals surface area contributed by atoms with Crippen LogP contribution in [0.3, 0.4) is 0 Å². The number of halogens is 2. The van der Waals surface area contributed by atoms with Gasteiger partial charge in [-0.3, -0.25) is 0 Å². The minimum Gasteiger partial charge on any atom is -1.00 e. The van der Waals surface area contributed by atoms with E-state index in [-0.39, 0.29) is 35.6 Å². The molecule has 0 radical (unpaired) electrons. The fourth-order valence-electron chi connectivity index (χ4n) is 8.56. The monoisotopic (exact) mass is 808 g/mol. The SMILES string of the molecule is CCCCc1ccc([C](c2ccc(CCCC)cc2)=[Zr+2]([c]2c(C)c(C(C)(C)C)cc3c2Cc2cc(C)c(C(C)(C)C)cc2-3)[CH]2C=CC=C2)cc1.[Cl-].[Cl-]. The first-order chi connectivity index (χ1) is 23.8. The van der Waals surface area contributed by atoms with Gasteiger partial charge in [0.1, 0.15) is 0 Å². The molecule has 0 bridgehead atoms. The zero-order valence-electron chi connectivity index (χ0n) is 33.4. The summed E-state index contributed by atoms with van der Waals surface area (Å²) in [6.45, 7) is 23.8. The van der Waals surface area contributed by atoms with Crippen LogP contribution in [0.25, 0.3) is 11.1 Å². The summed E-state index contributed by atoms with van der Waals surface area (Å²) in [5.74, 6) is 0. The standard InChI is InChI=1S/C23H29.C21H26.C5H5.2ClH.Zr/c1-14-9-16-11-17-10-15(2)21(23(6,7)8)13-19(17)18(16)12-20(14)22(3,4)5;1-3-5-7-18-9-13-20(14-10-18)17-21-15-11-19(12-16-21)8-6-4-2;1-2-4-5-3-1;;;/h9,12-13H,11H2,1-8H3;9-16H,3-8H2,1-2H3;1-5H;2*1H;/q;;;;;+2/p-2. The number of benzene rings is 4. The second-order valence-electron chi connectivity index (χ2n) is 17.1. The first kappa shape index (κ1) is 42.4. The van der Waals surface area contributed by atoms with Crippen molar-refractivity contribution >= 4 is 6.48 Å². The van der Waals surface area contributed by atoms with E-state index < -0.39 is 21.3 Å². The molecule has 0 aromatic heterocycles. The van der Waals surface area contributed by atoms with Gasteiger partial charge in [-0.25, -0.2) is 0 Å². The van der Waals surface area contributed by atoms with Crippen LogP contribution in [0.15, 0.2) is 91.0 Å². The van der Waals surface area contributed by atoms with Crippen LogP contribution in [0.5, 0.6) is 0 Å². The van der Waals surface area contributed by atoms with Gasteiger partial charge in [-0.15, -0.1) is 0 Å². The van der Waals surface area contributed by atoms with Crippen LogP contribution in [-0.2, 0) is 51.4 Å². The molecule has 0 fully saturated rings. The van der Waals surface area contributed by atoms with Crippen LogP contribution >= 0.6 is 0 Å². The van der Waals surface area contributed by atoms with Crippen molar-refractivity contribution in [3.63, 3.8) is 0 Å². The van der Waals surface area contributed by atoms with Gasteiger partial charge in [-0.05, 0) is 0 Å². The van der Waals surface area contributed by atoms with Gasteiger partial charge in [0.15, 0.2) is 0 Å². The topological polar surface area (TPSA) is 0 Å². The summed E-state index contributed by atoms with van der Waals surface area (Å²) in [7, 11) is 0. The van der Waals surface area contributed by atoms with E-state index in [1.807, 2.05) is 0 Å². The van der Waals surface area contributed by atoms with Gasteiger partial charge in [-0.1, -0.05) is 0 Å². The van der Waals surface area contributed by atoms with Crippen molar-refractivity contribution in [1.29, 1.82) is 0 Å². The summed E-state index contributed by atoms with van der Waals surface area (Å²) in [5, 5.41) is 0. The van der Waals surface area contributed by atoms with Crippen LogP contribution in [0.4, 0.5) is 0 Å². The molecule has 4 aromatic carbocycles. The molecular formula is C49H60Cl2Zr. The Morgan fingerprint density at radius 1 is 0.654 bits per heavy atom. The van der Waals surface area contributed by atoms with E-state index in [1.165, 1.54) is 81.3 Å². The van der Waals surface area contributed by atoms with Gasteiger partial charge in [0.05, 0.1) is 0 Å². The van der Waals surface area contributed by atoms with Gasteiger partial charge in [0, 0.05) is 0 Å². The summed E-state index contributed by atoms with van der Waals surface area (Å²) in [4.78, 5) is 0. The van der Waals surface area contributed by atoms with E-state index in [4.69, 9.17) is 0 Å². The second kappa shape index (κ2) is 17.4. The maximum atomic E-state index is 2.60. The van der Waals surface area contributed by atoms with E-state index in [9.17, 15) is 0 Å². The molecule has 0 amide bonds. The molecule has 0 saturated carbocycles. The molecular weight excluding hydrogens is 751 g/mol. The largest absolute Gasteiger partial charge is 1.00 e. The molecule has 4 aromatic rings. The number of allylic oxidation sites excluding steroid dienone is 4. The van der Waals surface area contributed by atoms with Crippen molar-refractivity contribution in [3.8, 4) is 11.1 Å². The Bertz CT molecular complexity index is 1890. The summed E-state index contributed by atoms with van der Waals surface area (Å²) < 4.78 is 3.86. The molecule has 6 rings (SSSR count). The van der Waals surface area contributed by atoms with E-state index in [0.717, 1.165) is 19.3 Å². The van der Waals surface area contributed by atoms with Crippen LogP contribution in [0, 0.1) is 13.8 Å². The molecule has 0 N–H and O–H groups in total. The van der Waals surface area contributed by atoms with Crippen molar-refractivity contribution in [3.05, 3.63) is 147 Å². The molecule has 0 nitrogen and oxygen atoms in total. The third kappa shape index (κ3) is 8.80. The maximum Gasteiger partial charge on any atom is -1.00 e.